The van der Waals surface area contributed by atoms with Crippen LogP contribution in [0.5, 0.6) is 11.5 Å². The molecule has 2 aliphatic rings. The van der Waals surface area contributed by atoms with Crippen molar-refractivity contribution in [2.24, 2.45) is 16.9 Å². The Morgan fingerprint density at radius 3 is 2.18 bits per heavy atom. The van der Waals surface area contributed by atoms with Crippen LogP contribution in [-0.4, -0.2) is 32.0 Å². The first-order valence-electron chi connectivity index (χ1n) is 9.91. The molecule has 4 rings (SSSR count). The molecule has 1 aliphatic carbocycles. The van der Waals surface area contributed by atoms with Crippen molar-refractivity contribution < 1.29 is 9.47 Å². The highest BCUT2D eigenvalue weighted by molar-refractivity contribution is 6.07. The van der Waals surface area contributed by atoms with Gasteiger partial charge >= 0.3 is 0 Å². The van der Waals surface area contributed by atoms with Crippen LogP contribution < -0.4 is 9.47 Å². The van der Waals surface area contributed by atoms with Crippen molar-refractivity contribution in [1.29, 1.82) is 0 Å². The predicted octanol–water partition coefficient (Wildman–Crippen LogP) is 5.18. The molecule has 1 aliphatic heterocycles. The number of rotatable bonds is 4. The molecule has 0 unspecified atom stereocenters. The van der Waals surface area contributed by atoms with Gasteiger partial charge in [0, 0.05) is 13.0 Å². The average molecular weight is 377 g/mol. The summed E-state index contributed by atoms with van der Waals surface area (Å²) in [6.45, 7) is 2.36. The van der Waals surface area contributed by atoms with Gasteiger partial charge < -0.3 is 9.47 Å². The van der Waals surface area contributed by atoms with E-state index in [0.29, 0.717) is 11.8 Å². The van der Waals surface area contributed by atoms with Crippen molar-refractivity contribution >= 4 is 11.8 Å². The largest absolute Gasteiger partial charge is 0.497 e. The highest BCUT2D eigenvalue weighted by atomic mass is 16.5. The highest BCUT2D eigenvalue weighted by Gasteiger charge is 2.43. The van der Waals surface area contributed by atoms with E-state index in [1.807, 2.05) is 24.3 Å². The van der Waals surface area contributed by atoms with Crippen molar-refractivity contribution in [3.63, 3.8) is 0 Å². The number of benzene rings is 2. The van der Waals surface area contributed by atoms with Gasteiger partial charge in [-0.2, -0.15) is 5.10 Å². The maximum Gasteiger partial charge on any atom is 0.118 e. The van der Waals surface area contributed by atoms with Crippen molar-refractivity contribution in [3.05, 3.63) is 65.2 Å². The van der Waals surface area contributed by atoms with Gasteiger partial charge in [-0.1, -0.05) is 31.2 Å². The Labute approximate surface area is 167 Å². The van der Waals surface area contributed by atoms with Gasteiger partial charge in [-0.25, -0.2) is 0 Å². The van der Waals surface area contributed by atoms with Gasteiger partial charge in [-0.3, -0.25) is 5.01 Å². The topological polar surface area (TPSA) is 34.1 Å². The summed E-state index contributed by atoms with van der Waals surface area (Å²) in [5, 5.41) is 7.14. The first kappa shape index (κ1) is 18.6. The van der Waals surface area contributed by atoms with Crippen LogP contribution in [0, 0.1) is 11.8 Å². The number of allylic oxidation sites excluding steroid dienone is 1. The van der Waals surface area contributed by atoms with E-state index < -0.39 is 0 Å². The third-order valence-electron chi connectivity index (χ3n) is 6.05. The molecule has 28 heavy (non-hydrogen) atoms. The molecule has 0 radical (unpaired) electrons. The van der Waals surface area contributed by atoms with E-state index in [-0.39, 0.29) is 6.04 Å². The average Bonchev–Trinajstić information content (AvgIpc) is 3.08. The van der Waals surface area contributed by atoms with Gasteiger partial charge in [0.15, 0.2) is 0 Å². The molecule has 0 bridgehead atoms. The third-order valence-corrected chi connectivity index (χ3v) is 6.05. The molecule has 146 valence electrons. The van der Waals surface area contributed by atoms with Crippen LogP contribution in [-0.2, 0) is 0 Å². The lowest BCUT2D eigenvalue weighted by molar-refractivity contribution is 0.210. The lowest BCUT2D eigenvalue weighted by Gasteiger charge is -2.34. The summed E-state index contributed by atoms with van der Waals surface area (Å²) < 4.78 is 10.6. The van der Waals surface area contributed by atoms with Gasteiger partial charge in [0.1, 0.15) is 11.5 Å². The second-order valence-electron chi connectivity index (χ2n) is 7.76. The summed E-state index contributed by atoms with van der Waals surface area (Å²) in [5.74, 6) is 2.79. The summed E-state index contributed by atoms with van der Waals surface area (Å²) in [5.41, 5.74) is 5.10. The monoisotopic (exact) mass is 376 g/mol. The standard InChI is InChI=1S/C24H28N2O2/c1-16-5-8-19(15-17-6-11-20(27-3)12-7-17)23-22(16)24(26(2)25-23)18-9-13-21(28-4)14-10-18/h6-7,9-16,22,24H,5,8H2,1-4H3/b19-15+/t16-,22+,24-/m1/s1. The summed E-state index contributed by atoms with van der Waals surface area (Å²) in [6, 6.07) is 17.0. The predicted molar refractivity (Wildman–Crippen MR) is 114 cm³/mol. The van der Waals surface area contributed by atoms with E-state index in [9.17, 15) is 0 Å². The summed E-state index contributed by atoms with van der Waals surface area (Å²) >= 11 is 0. The molecule has 0 N–H and O–H groups in total. The Balaban J connectivity index is 1.65. The Morgan fingerprint density at radius 1 is 0.964 bits per heavy atom. The second kappa shape index (κ2) is 7.70. The van der Waals surface area contributed by atoms with Gasteiger partial charge in [0.2, 0.25) is 0 Å². The number of methoxy groups -OCH3 is 2. The molecule has 0 aromatic heterocycles. The maximum atomic E-state index is 5.33. The van der Waals surface area contributed by atoms with Gasteiger partial charge in [-0.15, -0.1) is 0 Å². The lowest BCUT2D eigenvalue weighted by Crippen LogP contribution is -2.32. The van der Waals surface area contributed by atoms with Crippen LogP contribution >= 0.6 is 0 Å². The Bertz CT molecular complexity index is 884. The molecule has 2 aromatic rings. The lowest BCUT2D eigenvalue weighted by atomic mass is 9.71. The van der Waals surface area contributed by atoms with E-state index in [0.717, 1.165) is 17.9 Å². The molecule has 3 atom stereocenters. The molecule has 2 aromatic carbocycles. The van der Waals surface area contributed by atoms with Crippen LogP contribution in [0.4, 0.5) is 0 Å². The fourth-order valence-electron chi connectivity index (χ4n) is 4.50. The molecule has 1 heterocycles. The minimum absolute atomic E-state index is 0.274. The van der Waals surface area contributed by atoms with Gasteiger partial charge in [0.25, 0.3) is 0 Å². The van der Waals surface area contributed by atoms with Gasteiger partial charge in [0.05, 0.1) is 26.0 Å². The summed E-state index contributed by atoms with van der Waals surface area (Å²) in [4.78, 5) is 0. The first-order chi connectivity index (χ1) is 13.6. The Hall–Kier alpha value is -2.75. The fourth-order valence-corrected chi connectivity index (χ4v) is 4.50. The molecular formula is C24H28N2O2. The normalized spacial score (nSPS) is 25.4. The molecule has 0 amide bonds. The molecule has 1 fully saturated rings. The van der Waals surface area contributed by atoms with E-state index in [1.54, 1.807) is 14.2 Å². The van der Waals surface area contributed by atoms with Crippen LogP contribution in [0.2, 0.25) is 0 Å². The maximum absolute atomic E-state index is 5.33. The van der Waals surface area contributed by atoms with Crippen LogP contribution in [0.1, 0.15) is 36.9 Å². The fraction of sp³-hybridized carbons (Fsp3) is 0.375. The van der Waals surface area contributed by atoms with Crippen molar-refractivity contribution in [2.45, 2.75) is 25.8 Å². The van der Waals surface area contributed by atoms with Gasteiger partial charge in [-0.05, 0) is 65.8 Å². The first-order valence-corrected chi connectivity index (χ1v) is 9.91. The quantitative estimate of drug-likeness (QED) is 0.738. The molecule has 0 spiro atoms. The van der Waals surface area contributed by atoms with E-state index in [2.05, 4.69) is 49.3 Å². The Kier molecular flexibility index (Phi) is 5.12. The SMILES string of the molecule is COc1ccc(/C=C2\CC[C@@H](C)[C@H]3C2=NN(C)[C@@H]3c2ccc(OC)cc2)cc1. The Morgan fingerprint density at radius 2 is 1.57 bits per heavy atom. The third kappa shape index (κ3) is 3.39. The molecule has 0 saturated heterocycles. The minimum atomic E-state index is 0.274. The van der Waals surface area contributed by atoms with Crippen molar-refractivity contribution in [2.75, 3.05) is 21.3 Å². The number of hydrazone groups is 1. The number of ether oxygens (including phenoxy) is 2. The number of hydrogen-bond donors (Lipinski definition) is 0. The number of nitrogens with zero attached hydrogens (tertiary/aromatic N) is 2. The van der Waals surface area contributed by atoms with Crippen LogP contribution in [0.25, 0.3) is 6.08 Å². The highest BCUT2D eigenvalue weighted by Crippen LogP contribution is 2.46. The van der Waals surface area contributed by atoms with Crippen LogP contribution in [0.3, 0.4) is 0 Å². The zero-order valence-corrected chi connectivity index (χ0v) is 17.1. The molecule has 4 nitrogen and oxygen atoms in total. The van der Waals surface area contributed by atoms with E-state index >= 15 is 0 Å². The summed E-state index contributed by atoms with van der Waals surface area (Å²) in [6.07, 6.45) is 4.55. The van der Waals surface area contributed by atoms with E-state index in [4.69, 9.17) is 14.6 Å². The smallest absolute Gasteiger partial charge is 0.118 e. The van der Waals surface area contributed by atoms with Crippen LogP contribution in [0.15, 0.2) is 59.2 Å². The van der Waals surface area contributed by atoms with E-state index in [1.165, 1.54) is 28.8 Å². The molecule has 4 heteroatoms. The molecular weight excluding hydrogens is 348 g/mol. The zero-order chi connectivity index (χ0) is 19.7. The number of hydrogen-bond acceptors (Lipinski definition) is 4. The van der Waals surface area contributed by atoms with Crippen molar-refractivity contribution in [1.82, 2.24) is 5.01 Å². The van der Waals surface area contributed by atoms with Crippen molar-refractivity contribution in [3.8, 4) is 11.5 Å². The zero-order valence-electron chi connectivity index (χ0n) is 17.1. The summed E-state index contributed by atoms with van der Waals surface area (Å²) in [7, 11) is 5.50. The number of fused-ring (bicyclic) bond motifs is 1. The minimum Gasteiger partial charge on any atom is -0.497 e. The second-order valence-corrected chi connectivity index (χ2v) is 7.76. The molecule has 1 saturated carbocycles.